The van der Waals surface area contributed by atoms with Crippen LogP contribution in [0, 0.1) is 0 Å². The van der Waals surface area contributed by atoms with E-state index in [-0.39, 0.29) is 0 Å². The molecule has 2 heterocycles. The summed E-state index contributed by atoms with van der Waals surface area (Å²) in [7, 11) is 0. The normalized spacial score (nSPS) is 13.6. The zero-order chi connectivity index (χ0) is 12.0. The van der Waals surface area contributed by atoms with E-state index < -0.39 is 0 Å². The lowest BCUT2D eigenvalue weighted by atomic mass is 10.4. The summed E-state index contributed by atoms with van der Waals surface area (Å²) in [6.07, 6.45) is 0. The summed E-state index contributed by atoms with van der Waals surface area (Å²) < 4.78 is 9.89. The summed E-state index contributed by atoms with van der Waals surface area (Å²) in [5.74, 6) is 0. The maximum atomic E-state index is 4.94. The van der Waals surface area contributed by atoms with Crippen LogP contribution in [0.3, 0.4) is 0 Å². The molecule has 1 fully saturated rings. The molecule has 0 unspecified atom stereocenters. The van der Waals surface area contributed by atoms with Crippen LogP contribution in [0.2, 0.25) is 0 Å². The van der Waals surface area contributed by atoms with Crippen molar-refractivity contribution in [3.05, 3.63) is 59.3 Å². The topological polar surface area (TPSA) is 18.5 Å². The molecule has 1 aromatic heterocycles. The highest BCUT2D eigenvalue weighted by Gasteiger charge is 1.94. The molecule has 2 aromatic rings. The predicted molar refractivity (Wildman–Crippen MR) is 72.4 cm³/mol. The van der Waals surface area contributed by atoms with Gasteiger partial charge in [0.1, 0.15) is 0 Å². The Labute approximate surface area is 107 Å². The largest absolute Gasteiger partial charge is 0.377 e. The van der Waals surface area contributed by atoms with E-state index in [1.807, 2.05) is 59.3 Å². The first-order valence-corrected chi connectivity index (χ1v) is 6.57. The summed E-state index contributed by atoms with van der Waals surface area (Å²) >= 11 is 1.71. The SMILES string of the molecule is C1COCCO1.c1ccccc1.c1ccsc1. The van der Waals surface area contributed by atoms with Crippen LogP contribution in [0.15, 0.2) is 59.3 Å². The number of thiophene rings is 1. The Balaban J connectivity index is 0.000000128. The van der Waals surface area contributed by atoms with Crippen LogP contribution in [-0.2, 0) is 9.47 Å². The van der Waals surface area contributed by atoms with Gasteiger partial charge in [-0.3, -0.25) is 0 Å². The van der Waals surface area contributed by atoms with Gasteiger partial charge in [-0.15, -0.1) is 0 Å². The van der Waals surface area contributed by atoms with Crippen LogP contribution >= 0.6 is 11.3 Å². The molecule has 3 heteroatoms. The molecule has 3 rings (SSSR count). The second-order valence-corrected chi connectivity index (χ2v) is 3.99. The van der Waals surface area contributed by atoms with Crippen molar-refractivity contribution >= 4 is 11.3 Å². The van der Waals surface area contributed by atoms with E-state index in [0.29, 0.717) is 0 Å². The highest BCUT2D eigenvalue weighted by atomic mass is 32.1. The second-order valence-electron chi connectivity index (χ2n) is 3.17. The van der Waals surface area contributed by atoms with Gasteiger partial charge in [-0.25, -0.2) is 0 Å². The van der Waals surface area contributed by atoms with Gasteiger partial charge in [0.05, 0.1) is 26.4 Å². The van der Waals surface area contributed by atoms with Crippen molar-refractivity contribution in [3.63, 3.8) is 0 Å². The summed E-state index contributed by atoms with van der Waals surface area (Å²) in [5.41, 5.74) is 0. The van der Waals surface area contributed by atoms with E-state index in [0.717, 1.165) is 26.4 Å². The van der Waals surface area contributed by atoms with Gasteiger partial charge in [0.15, 0.2) is 0 Å². The molecule has 1 aliphatic heterocycles. The zero-order valence-corrected chi connectivity index (χ0v) is 10.6. The third-order valence-electron chi connectivity index (χ3n) is 1.84. The van der Waals surface area contributed by atoms with E-state index in [2.05, 4.69) is 0 Å². The molecule has 1 aromatic carbocycles. The van der Waals surface area contributed by atoms with Gasteiger partial charge in [-0.2, -0.15) is 11.3 Å². The van der Waals surface area contributed by atoms with E-state index in [1.165, 1.54) is 0 Å². The molecule has 0 bridgehead atoms. The summed E-state index contributed by atoms with van der Waals surface area (Å²) in [6, 6.07) is 16.0. The fraction of sp³-hybridized carbons (Fsp3) is 0.286. The van der Waals surface area contributed by atoms with Crippen molar-refractivity contribution in [2.75, 3.05) is 26.4 Å². The molecule has 0 atom stereocenters. The Hall–Kier alpha value is -1.16. The summed E-state index contributed by atoms with van der Waals surface area (Å²) in [5, 5.41) is 4.08. The summed E-state index contributed by atoms with van der Waals surface area (Å²) in [6.45, 7) is 3.11. The van der Waals surface area contributed by atoms with E-state index in [1.54, 1.807) is 11.3 Å². The average Bonchev–Trinajstić information content (AvgIpc) is 3.03. The van der Waals surface area contributed by atoms with Gasteiger partial charge in [0.25, 0.3) is 0 Å². The molecule has 1 aliphatic rings. The second kappa shape index (κ2) is 11.3. The maximum absolute atomic E-state index is 4.94. The van der Waals surface area contributed by atoms with Crippen LogP contribution in [0.5, 0.6) is 0 Å². The van der Waals surface area contributed by atoms with Crippen molar-refractivity contribution in [2.45, 2.75) is 0 Å². The van der Waals surface area contributed by atoms with Crippen molar-refractivity contribution in [1.82, 2.24) is 0 Å². The lowest BCUT2D eigenvalue weighted by molar-refractivity contribution is -0.0334. The lowest BCUT2D eigenvalue weighted by Crippen LogP contribution is -2.16. The molecular weight excluding hydrogens is 232 g/mol. The summed E-state index contributed by atoms with van der Waals surface area (Å²) in [4.78, 5) is 0. The average molecular weight is 250 g/mol. The van der Waals surface area contributed by atoms with Crippen LogP contribution in [0.25, 0.3) is 0 Å². The first kappa shape index (κ1) is 13.9. The highest BCUT2D eigenvalue weighted by Crippen LogP contribution is 1.91. The molecule has 0 N–H and O–H groups in total. The standard InChI is InChI=1S/C6H6.C4H8O2.C4H4S/c1-2-4-6-5-3-1;1-2-6-4-3-5-1;1-2-4-5-3-1/h1-6H;1-4H2;1-4H. The van der Waals surface area contributed by atoms with Gasteiger partial charge in [-0.05, 0) is 10.8 Å². The smallest absolute Gasteiger partial charge is 0.0701 e. The first-order valence-electron chi connectivity index (χ1n) is 5.63. The lowest BCUT2D eigenvalue weighted by Gasteiger charge is -2.09. The maximum Gasteiger partial charge on any atom is 0.0701 e. The Morgan fingerprint density at radius 2 is 0.882 bits per heavy atom. The monoisotopic (exact) mass is 250 g/mol. The Kier molecular flexibility index (Phi) is 9.27. The minimum atomic E-state index is 0.778. The minimum absolute atomic E-state index is 0.778. The van der Waals surface area contributed by atoms with Crippen LogP contribution in [0.1, 0.15) is 0 Å². The van der Waals surface area contributed by atoms with Gasteiger partial charge in [0.2, 0.25) is 0 Å². The molecular formula is C14H18O2S. The molecule has 0 amide bonds. The van der Waals surface area contributed by atoms with Crippen molar-refractivity contribution in [2.24, 2.45) is 0 Å². The van der Waals surface area contributed by atoms with Gasteiger partial charge >= 0.3 is 0 Å². The van der Waals surface area contributed by atoms with Gasteiger partial charge in [0, 0.05) is 0 Å². The first-order chi connectivity index (χ1) is 8.50. The molecule has 2 nitrogen and oxygen atoms in total. The minimum Gasteiger partial charge on any atom is -0.377 e. The van der Waals surface area contributed by atoms with Crippen LogP contribution < -0.4 is 0 Å². The van der Waals surface area contributed by atoms with Gasteiger partial charge < -0.3 is 9.47 Å². The van der Waals surface area contributed by atoms with E-state index >= 15 is 0 Å². The van der Waals surface area contributed by atoms with E-state index in [4.69, 9.17) is 9.47 Å². The Morgan fingerprint density at radius 1 is 0.529 bits per heavy atom. The third-order valence-corrected chi connectivity index (χ3v) is 2.46. The number of hydrogen-bond acceptors (Lipinski definition) is 3. The number of benzene rings is 1. The third kappa shape index (κ3) is 9.75. The molecule has 0 radical (unpaired) electrons. The van der Waals surface area contributed by atoms with E-state index in [9.17, 15) is 0 Å². The number of rotatable bonds is 0. The Morgan fingerprint density at radius 3 is 1.06 bits per heavy atom. The molecule has 0 aliphatic carbocycles. The highest BCUT2D eigenvalue weighted by molar-refractivity contribution is 7.07. The Bertz CT molecular complexity index is 262. The van der Waals surface area contributed by atoms with Crippen LogP contribution in [-0.4, -0.2) is 26.4 Å². The van der Waals surface area contributed by atoms with Gasteiger partial charge in [-0.1, -0.05) is 48.5 Å². The fourth-order valence-corrected chi connectivity index (χ4v) is 1.51. The molecule has 0 saturated carbocycles. The van der Waals surface area contributed by atoms with Crippen molar-refractivity contribution in [1.29, 1.82) is 0 Å². The fourth-order valence-electron chi connectivity index (χ4n) is 1.05. The predicted octanol–water partition coefficient (Wildman–Crippen LogP) is 3.47. The van der Waals surface area contributed by atoms with Crippen molar-refractivity contribution < 1.29 is 9.47 Å². The number of hydrogen-bond donors (Lipinski definition) is 0. The zero-order valence-electron chi connectivity index (χ0n) is 9.83. The number of ether oxygens (including phenoxy) is 2. The molecule has 17 heavy (non-hydrogen) atoms. The molecule has 0 spiro atoms. The van der Waals surface area contributed by atoms with Crippen molar-refractivity contribution in [3.8, 4) is 0 Å². The van der Waals surface area contributed by atoms with Crippen LogP contribution in [0.4, 0.5) is 0 Å². The quantitative estimate of drug-likeness (QED) is 0.713. The molecule has 1 saturated heterocycles. The molecule has 92 valence electrons.